The van der Waals surface area contributed by atoms with Crippen molar-refractivity contribution in [3.05, 3.63) is 0 Å². The van der Waals surface area contributed by atoms with Crippen molar-refractivity contribution < 1.29 is 9.90 Å². The molecule has 0 radical (unpaired) electrons. The number of nitrogens with zero attached hydrogens (tertiary/aromatic N) is 1. The Kier molecular flexibility index (Phi) is 3.05. The van der Waals surface area contributed by atoms with Gasteiger partial charge in [0.1, 0.15) is 6.04 Å². The monoisotopic (exact) mass is 172 g/mol. The largest absolute Gasteiger partial charge is 0.480 e. The fraction of sp³-hybridized carbons (Fsp3) is 0.875. The minimum atomic E-state index is -0.733. The van der Waals surface area contributed by atoms with Crippen LogP contribution in [0.2, 0.25) is 0 Å². The summed E-state index contributed by atoms with van der Waals surface area (Å²) in [5.41, 5.74) is 0. The van der Waals surface area contributed by atoms with Crippen LogP contribution < -0.4 is 5.32 Å². The number of carboxylic acid groups (broad SMARTS) is 1. The van der Waals surface area contributed by atoms with E-state index < -0.39 is 5.97 Å². The number of rotatable bonds is 2. The van der Waals surface area contributed by atoms with E-state index in [4.69, 9.17) is 5.11 Å². The molecular formula is C8H16N2O2. The summed E-state index contributed by atoms with van der Waals surface area (Å²) in [6.45, 7) is 6.39. The number of nitrogens with one attached hydrogen (secondary N) is 1. The molecule has 0 aromatic heterocycles. The molecule has 1 fully saturated rings. The van der Waals surface area contributed by atoms with Gasteiger partial charge in [-0.05, 0) is 13.8 Å². The molecule has 2 atom stereocenters. The Labute approximate surface area is 72.6 Å². The molecule has 1 unspecified atom stereocenters. The van der Waals surface area contributed by atoms with Crippen molar-refractivity contribution in [3.8, 4) is 0 Å². The lowest BCUT2D eigenvalue weighted by Crippen LogP contribution is -2.55. The first-order valence-corrected chi connectivity index (χ1v) is 4.32. The molecule has 0 bridgehead atoms. The van der Waals surface area contributed by atoms with Gasteiger partial charge in [0, 0.05) is 25.7 Å². The van der Waals surface area contributed by atoms with Gasteiger partial charge in [-0.1, -0.05) is 0 Å². The molecule has 1 aliphatic heterocycles. The summed E-state index contributed by atoms with van der Waals surface area (Å²) < 4.78 is 0. The summed E-state index contributed by atoms with van der Waals surface area (Å²) in [5, 5.41) is 12.0. The number of hydrogen-bond acceptors (Lipinski definition) is 3. The van der Waals surface area contributed by atoms with E-state index in [1.165, 1.54) is 0 Å². The average Bonchev–Trinajstić information content (AvgIpc) is 2.04. The van der Waals surface area contributed by atoms with Crippen molar-refractivity contribution in [1.82, 2.24) is 10.2 Å². The van der Waals surface area contributed by atoms with Crippen LogP contribution in [-0.2, 0) is 4.79 Å². The SMILES string of the molecule is CC(C(=O)O)N1CCNC[C@H]1C. The lowest BCUT2D eigenvalue weighted by molar-refractivity contribution is -0.143. The third-order valence-electron chi connectivity index (χ3n) is 2.41. The van der Waals surface area contributed by atoms with Gasteiger partial charge in [-0.25, -0.2) is 0 Å². The number of carbonyl (C=O) groups is 1. The molecule has 70 valence electrons. The van der Waals surface area contributed by atoms with Crippen LogP contribution in [0.5, 0.6) is 0 Å². The van der Waals surface area contributed by atoms with Crippen LogP contribution in [-0.4, -0.2) is 47.7 Å². The number of carboxylic acids is 1. The Hall–Kier alpha value is -0.610. The lowest BCUT2D eigenvalue weighted by atomic mass is 10.1. The maximum absolute atomic E-state index is 10.7. The van der Waals surface area contributed by atoms with Crippen LogP contribution >= 0.6 is 0 Å². The molecule has 1 rings (SSSR count). The van der Waals surface area contributed by atoms with Crippen molar-refractivity contribution in [1.29, 1.82) is 0 Å². The maximum Gasteiger partial charge on any atom is 0.320 e. The van der Waals surface area contributed by atoms with E-state index in [-0.39, 0.29) is 6.04 Å². The highest BCUT2D eigenvalue weighted by atomic mass is 16.4. The highest BCUT2D eigenvalue weighted by Gasteiger charge is 2.26. The van der Waals surface area contributed by atoms with E-state index in [9.17, 15) is 4.79 Å². The molecule has 0 aromatic carbocycles. The molecule has 12 heavy (non-hydrogen) atoms. The van der Waals surface area contributed by atoms with Gasteiger partial charge in [0.25, 0.3) is 0 Å². The summed E-state index contributed by atoms with van der Waals surface area (Å²) in [6.07, 6.45) is 0. The van der Waals surface area contributed by atoms with Gasteiger partial charge in [0.15, 0.2) is 0 Å². The standard InChI is InChI=1S/C8H16N2O2/c1-6-5-9-3-4-10(6)7(2)8(11)12/h6-7,9H,3-5H2,1-2H3,(H,11,12)/t6-,7?/m1/s1. The second-order valence-electron chi connectivity index (χ2n) is 3.31. The molecule has 1 saturated heterocycles. The maximum atomic E-state index is 10.7. The molecule has 0 amide bonds. The number of hydrogen-bond donors (Lipinski definition) is 2. The fourth-order valence-electron chi connectivity index (χ4n) is 1.57. The first-order valence-electron chi connectivity index (χ1n) is 4.32. The quantitative estimate of drug-likeness (QED) is 0.603. The van der Waals surface area contributed by atoms with E-state index in [2.05, 4.69) is 5.32 Å². The number of piperazine rings is 1. The van der Waals surface area contributed by atoms with Crippen LogP contribution in [0, 0.1) is 0 Å². The summed E-state index contributed by atoms with van der Waals surface area (Å²) >= 11 is 0. The molecule has 2 N–H and O–H groups in total. The van der Waals surface area contributed by atoms with E-state index in [0.717, 1.165) is 19.6 Å². The summed E-state index contributed by atoms with van der Waals surface area (Å²) in [6, 6.07) is -0.0352. The first-order chi connectivity index (χ1) is 5.63. The highest BCUT2D eigenvalue weighted by Crippen LogP contribution is 2.07. The molecular weight excluding hydrogens is 156 g/mol. The van der Waals surface area contributed by atoms with Crippen molar-refractivity contribution >= 4 is 5.97 Å². The molecule has 1 heterocycles. The van der Waals surface area contributed by atoms with E-state index >= 15 is 0 Å². The summed E-state index contributed by atoms with van der Waals surface area (Å²) in [4.78, 5) is 12.7. The third-order valence-corrected chi connectivity index (χ3v) is 2.41. The molecule has 0 saturated carbocycles. The van der Waals surface area contributed by atoms with E-state index in [1.54, 1.807) is 6.92 Å². The minimum absolute atomic E-state index is 0.324. The van der Waals surface area contributed by atoms with Crippen LogP contribution in [0.1, 0.15) is 13.8 Å². The van der Waals surface area contributed by atoms with Gasteiger partial charge < -0.3 is 10.4 Å². The molecule has 4 nitrogen and oxygen atoms in total. The second-order valence-corrected chi connectivity index (χ2v) is 3.31. The zero-order valence-corrected chi connectivity index (χ0v) is 7.58. The van der Waals surface area contributed by atoms with E-state index in [0.29, 0.717) is 6.04 Å². The Balaban J connectivity index is 2.53. The second kappa shape index (κ2) is 3.87. The highest BCUT2D eigenvalue weighted by molar-refractivity contribution is 5.72. The van der Waals surface area contributed by atoms with Gasteiger partial charge in [-0.2, -0.15) is 0 Å². The summed E-state index contributed by atoms with van der Waals surface area (Å²) in [5.74, 6) is -0.733. The van der Waals surface area contributed by atoms with Gasteiger partial charge in [-0.15, -0.1) is 0 Å². The average molecular weight is 172 g/mol. The van der Waals surface area contributed by atoms with Crippen molar-refractivity contribution in [2.75, 3.05) is 19.6 Å². The molecule has 1 aliphatic rings. The van der Waals surface area contributed by atoms with Gasteiger partial charge in [0.05, 0.1) is 0 Å². The van der Waals surface area contributed by atoms with Gasteiger partial charge >= 0.3 is 5.97 Å². The lowest BCUT2D eigenvalue weighted by Gasteiger charge is -2.36. The fourth-order valence-corrected chi connectivity index (χ4v) is 1.57. The summed E-state index contributed by atoms with van der Waals surface area (Å²) in [7, 11) is 0. The molecule has 0 spiro atoms. The Bertz CT molecular complexity index is 172. The van der Waals surface area contributed by atoms with Crippen molar-refractivity contribution in [2.45, 2.75) is 25.9 Å². The molecule has 0 aliphatic carbocycles. The normalized spacial score (nSPS) is 28.3. The first kappa shape index (κ1) is 9.48. The Morgan fingerprint density at radius 1 is 1.75 bits per heavy atom. The van der Waals surface area contributed by atoms with Gasteiger partial charge in [-0.3, -0.25) is 9.69 Å². The van der Waals surface area contributed by atoms with Crippen molar-refractivity contribution in [2.24, 2.45) is 0 Å². The zero-order valence-electron chi connectivity index (χ0n) is 7.58. The minimum Gasteiger partial charge on any atom is -0.480 e. The molecule has 4 heteroatoms. The Morgan fingerprint density at radius 3 is 2.92 bits per heavy atom. The van der Waals surface area contributed by atoms with Crippen LogP contribution in [0.3, 0.4) is 0 Å². The van der Waals surface area contributed by atoms with E-state index in [1.807, 2.05) is 11.8 Å². The Morgan fingerprint density at radius 2 is 2.42 bits per heavy atom. The zero-order chi connectivity index (χ0) is 9.14. The van der Waals surface area contributed by atoms with Gasteiger partial charge in [0.2, 0.25) is 0 Å². The smallest absolute Gasteiger partial charge is 0.320 e. The predicted molar refractivity (Wildman–Crippen MR) is 46.1 cm³/mol. The predicted octanol–water partition coefficient (Wildman–Crippen LogP) is -0.247. The van der Waals surface area contributed by atoms with Crippen LogP contribution in [0.25, 0.3) is 0 Å². The topological polar surface area (TPSA) is 52.6 Å². The van der Waals surface area contributed by atoms with Crippen LogP contribution in [0.15, 0.2) is 0 Å². The number of aliphatic carboxylic acids is 1. The third kappa shape index (κ3) is 1.95. The van der Waals surface area contributed by atoms with Crippen molar-refractivity contribution in [3.63, 3.8) is 0 Å². The molecule has 0 aromatic rings. The van der Waals surface area contributed by atoms with Crippen LogP contribution in [0.4, 0.5) is 0 Å².